The van der Waals surface area contributed by atoms with Gasteiger partial charge in [0.25, 0.3) is 0 Å². The Hall–Kier alpha value is 0.310. The Morgan fingerprint density at radius 1 is 1.40 bits per heavy atom. The maximum atomic E-state index is 5.11. The molecule has 2 heteroatoms. The lowest BCUT2D eigenvalue weighted by Crippen LogP contribution is -2.07. The van der Waals surface area contributed by atoms with E-state index >= 15 is 0 Å². The van der Waals surface area contributed by atoms with E-state index in [1.807, 2.05) is 0 Å². The Bertz CT molecular complexity index is 65.7. The third kappa shape index (κ3) is 5.12. The van der Waals surface area contributed by atoms with Crippen LogP contribution in [0, 0.1) is 0 Å². The van der Waals surface area contributed by atoms with Gasteiger partial charge in [0.05, 0.1) is 6.10 Å². The highest BCUT2D eigenvalue weighted by Gasteiger charge is 2.03. The highest BCUT2D eigenvalue weighted by atomic mass is 32.1. The summed E-state index contributed by atoms with van der Waals surface area (Å²) in [6.45, 7) is 4.26. The Kier molecular flexibility index (Phi) is 6.24. The molecule has 0 aliphatic heterocycles. The summed E-state index contributed by atoms with van der Waals surface area (Å²) in [6.07, 6.45) is 3.83. The van der Waals surface area contributed by atoms with Crippen molar-refractivity contribution in [2.45, 2.75) is 44.5 Å². The predicted octanol–water partition coefficient (Wildman–Crippen LogP) is 2.51. The largest absolute Gasteiger partial charge is 0.382 e. The highest BCUT2D eigenvalue weighted by Crippen LogP contribution is 2.11. The average molecular weight is 162 g/mol. The lowest BCUT2D eigenvalue weighted by atomic mass is 10.1. The molecule has 0 aliphatic rings. The Labute approximate surface area is 69.6 Å². The lowest BCUT2D eigenvalue weighted by molar-refractivity contribution is 0.109. The fourth-order valence-corrected chi connectivity index (χ4v) is 0.898. The van der Waals surface area contributed by atoms with E-state index in [1.54, 1.807) is 7.11 Å². The van der Waals surface area contributed by atoms with Gasteiger partial charge < -0.3 is 4.74 Å². The molecule has 0 rings (SSSR count). The van der Waals surface area contributed by atoms with Crippen molar-refractivity contribution in [2.24, 2.45) is 0 Å². The van der Waals surface area contributed by atoms with E-state index in [2.05, 4.69) is 26.5 Å². The zero-order valence-electron chi connectivity index (χ0n) is 7.13. The lowest BCUT2D eigenvalue weighted by Gasteiger charge is -2.11. The quantitative estimate of drug-likeness (QED) is 0.611. The third-order valence-corrected chi connectivity index (χ3v) is 2.40. The van der Waals surface area contributed by atoms with E-state index in [-0.39, 0.29) is 0 Å². The monoisotopic (exact) mass is 162 g/mol. The molecule has 10 heavy (non-hydrogen) atoms. The zero-order valence-corrected chi connectivity index (χ0v) is 8.03. The summed E-state index contributed by atoms with van der Waals surface area (Å²) >= 11 is 4.39. The van der Waals surface area contributed by atoms with E-state index in [0.29, 0.717) is 11.4 Å². The second-order valence-corrected chi connectivity index (χ2v) is 3.42. The van der Waals surface area contributed by atoms with Crippen LogP contribution in [0.25, 0.3) is 0 Å². The molecule has 0 radical (unpaired) electrons. The summed E-state index contributed by atoms with van der Waals surface area (Å²) in [5.41, 5.74) is 0. The molecule has 0 N–H and O–H groups in total. The minimum absolute atomic E-state index is 0.390. The van der Waals surface area contributed by atoms with Crippen LogP contribution < -0.4 is 0 Å². The van der Waals surface area contributed by atoms with Crippen LogP contribution in [0.15, 0.2) is 0 Å². The molecule has 0 aliphatic carbocycles. The molecular weight excluding hydrogens is 144 g/mol. The van der Waals surface area contributed by atoms with Gasteiger partial charge in [0, 0.05) is 12.4 Å². The number of hydrogen-bond donors (Lipinski definition) is 1. The number of thiol groups is 1. The van der Waals surface area contributed by atoms with Crippen LogP contribution in [-0.4, -0.2) is 18.5 Å². The molecule has 2 atom stereocenters. The van der Waals surface area contributed by atoms with E-state index in [1.165, 1.54) is 0 Å². The van der Waals surface area contributed by atoms with Crippen LogP contribution in [-0.2, 0) is 4.74 Å². The van der Waals surface area contributed by atoms with Gasteiger partial charge in [-0.15, -0.1) is 0 Å². The molecular formula is C8H18OS. The Morgan fingerprint density at radius 2 is 2.00 bits per heavy atom. The molecule has 0 aromatic rings. The molecule has 0 aromatic heterocycles. The fourth-order valence-electron chi connectivity index (χ4n) is 0.749. The summed E-state index contributed by atoms with van der Waals surface area (Å²) in [4.78, 5) is 0. The van der Waals surface area contributed by atoms with Crippen molar-refractivity contribution in [3.8, 4) is 0 Å². The van der Waals surface area contributed by atoms with Crippen molar-refractivity contribution in [1.82, 2.24) is 0 Å². The van der Waals surface area contributed by atoms with Crippen LogP contribution in [0.3, 0.4) is 0 Å². The third-order valence-electron chi connectivity index (χ3n) is 1.78. The topological polar surface area (TPSA) is 9.23 Å². The van der Waals surface area contributed by atoms with E-state index in [9.17, 15) is 0 Å². The normalized spacial score (nSPS) is 16.8. The molecule has 0 spiro atoms. The van der Waals surface area contributed by atoms with E-state index in [0.717, 1.165) is 19.3 Å². The molecule has 62 valence electrons. The Morgan fingerprint density at radius 3 is 2.40 bits per heavy atom. The molecule has 0 aromatic carbocycles. The minimum Gasteiger partial charge on any atom is -0.382 e. The first-order valence-corrected chi connectivity index (χ1v) is 4.43. The molecule has 0 saturated carbocycles. The number of methoxy groups -OCH3 is 1. The maximum Gasteiger partial charge on any atom is 0.0543 e. The van der Waals surface area contributed by atoms with Crippen LogP contribution in [0.5, 0.6) is 0 Å². The van der Waals surface area contributed by atoms with Gasteiger partial charge in [0.1, 0.15) is 0 Å². The molecule has 0 amide bonds. The molecule has 0 heterocycles. The van der Waals surface area contributed by atoms with Crippen molar-refractivity contribution in [3.05, 3.63) is 0 Å². The molecule has 2 unspecified atom stereocenters. The highest BCUT2D eigenvalue weighted by molar-refractivity contribution is 7.80. The van der Waals surface area contributed by atoms with E-state index < -0.39 is 0 Å². The standard InChI is InChI=1S/C8H18OS/c1-4-8(10)6-5-7(2)9-3/h7-8,10H,4-6H2,1-3H3. The van der Waals surface area contributed by atoms with Crippen LogP contribution in [0.1, 0.15) is 33.1 Å². The van der Waals surface area contributed by atoms with Gasteiger partial charge in [-0.05, 0) is 26.2 Å². The average Bonchev–Trinajstić information content (AvgIpc) is 1.99. The van der Waals surface area contributed by atoms with Gasteiger partial charge in [0.15, 0.2) is 0 Å². The summed E-state index contributed by atoms with van der Waals surface area (Å²) in [5.74, 6) is 0. The Balaban J connectivity index is 3.17. The van der Waals surface area contributed by atoms with Gasteiger partial charge >= 0.3 is 0 Å². The van der Waals surface area contributed by atoms with Crippen molar-refractivity contribution in [3.63, 3.8) is 0 Å². The second-order valence-electron chi connectivity index (χ2n) is 2.69. The summed E-state index contributed by atoms with van der Waals surface area (Å²) < 4.78 is 5.11. The maximum absolute atomic E-state index is 5.11. The molecule has 0 fully saturated rings. The first kappa shape index (κ1) is 10.3. The fraction of sp³-hybridized carbons (Fsp3) is 1.00. The van der Waals surface area contributed by atoms with Crippen molar-refractivity contribution < 1.29 is 4.74 Å². The predicted molar refractivity (Wildman–Crippen MR) is 48.8 cm³/mol. The minimum atomic E-state index is 0.390. The van der Waals surface area contributed by atoms with Crippen molar-refractivity contribution in [1.29, 1.82) is 0 Å². The van der Waals surface area contributed by atoms with Crippen LogP contribution >= 0.6 is 12.6 Å². The molecule has 1 nitrogen and oxygen atoms in total. The first-order valence-electron chi connectivity index (χ1n) is 3.91. The van der Waals surface area contributed by atoms with Crippen molar-refractivity contribution >= 4 is 12.6 Å². The first-order chi connectivity index (χ1) is 4.70. The van der Waals surface area contributed by atoms with Gasteiger partial charge in [0.2, 0.25) is 0 Å². The number of ether oxygens (including phenoxy) is 1. The smallest absolute Gasteiger partial charge is 0.0543 e. The van der Waals surface area contributed by atoms with Gasteiger partial charge in [-0.3, -0.25) is 0 Å². The van der Waals surface area contributed by atoms with Gasteiger partial charge in [-0.1, -0.05) is 6.92 Å². The second kappa shape index (κ2) is 6.05. The van der Waals surface area contributed by atoms with Gasteiger partial charge in [-0.2, -0.15) is 12.6 Å². The van der Waals surface area contributed by atoms with Crippen molar-refractivity contribution in [2.75, 3.05) is 7.11 Å². The SMILES string of the molecule is CCC(S)CCC(C)OC. The molecule has 0 bridgehead atoms. The summed E-state index contributed by atoms with van der Waals surface area (Å²) in [6, 6.07) is 0. The number of rotatable bonds is 5. The van der Waals surface area contributed by atoms with Crippen LogP contribution in [0.2, 0.25) is 0 Å². The van der Waals surface area contributed by atoms with E-state index in [4.69, 9.17) is 4.74 Å². The van der Waals surface area contributed by atoms with Crippen LogP contribution in [0.4, 0.5) is 0 Å². The number of hydrogen-bond acceptors (Lipinski definition) is 2. The van der Waals surface area contributed by atoms with Gasteiger partial charge in [-0.25, -0.2) is 0 Å². The zero-order chi connectivity index (χ0) is 7.98. The summed E-state index contributed by atoms with van der Waals surface area (Å²) in [7, 11) is 1.75. The molecule has 0 saturated heterocycles. The summed E-state index contributed by atoms with van der Waals surface area (Å²) in [5, 5.41) is 0.553.